The highest BCUT2D eigenvalue weighted by Crippen LogP contribution is 2.31. The zero-order valence-electron chi connectivity index (χ0n) is 23.6. The molecule has 5 N–H and O–H groups in total. The summed E-state index contributed by atoms with van der Waals surface area (Å²) >= 11 is 0. The monoisotopic (exact) mass is 651 g/mol. The maximum atomic E-state index is 13.6. The van der Waals surface area contributed by atoms with Crippen molar-refractivity contribution in [2.75, 3.05) is 32.6 Å². The van der Waals surface area contributed by atoms with Gasteiger partial charge in [0, 0.05) is 24.8 Å². The van der Waals surface area contributed by atoms with Gasteiger partial charge in [-0.25, -0.2) is 14.0 Å². The second-order valence-corrected chi connectivity index (χ2v) is 9.50. The molecule has 3 aromatic rings. The first-order valence-electron chi connectivity index (χ1n) is 12.7. The summed E-state index contributed by atoms with van der Waals surface area (Å²) < 4.78 is 83.1. The number of carbonyl (C=O) groups is 3. The van der Waals surface area contributed by atoms with Gasteiger partial charge in [-0.3, -0.25) is 9.89 Å². The van der Waals surface area contributed by atoms with Crippen molar-refractivity contribution < 1.29 is 60.1 Å². The van der Waals surface area contributed by atoms with Crippen LogP contribution in [-0.2, 0) is 27.3 Å². The third-order valence-corrected chi connectivity index (χ3v) is 5.80. The Morgan fingerprint density at radius 1 is 0.978 bits per heavy atom. The van der Waals surface area contributed by atoms with Crippen LogP contribution in [-0.4, -0.2) is 88.8 Å². The smallest absolute Gasteiger partial charge is 0.490 e. The van der Waals surface area contributed by atoms with Crippen molar-refractivity contribution in [3.63, 3.8) is 0 Å². The van der Waals surface area contributed by atoms with Crippen LogP contribution in [0.2, 0.25) is 0 Å². The van der Waals surface area contributed by atoms with Crippen molar-refractivity contribution in [2.24, 2.45) is 0 Å². The van der Waals surface area contributed by atoms with Crippen molar-refractivity contribution >= 4 is 23.5 Å². The van der Waals surface area contributed by atoms with Crippen molar-refractivity contribution in [3.8, 4) is 16.9 Å². The number of carboxylic acids is 2. The SMILES string of the molecule is CN(C)CCOc1cc(-c2cn[nH]c2)ccc1NC(=O)[C@H]1Cc2cc(F)ccc2CN1.O=C(O)C(F)(F)F.O=C(O)C(F)(F)F. The number of aromatic amines is 1. The second-order valence-electron chi connectivity index (χ2n) is 9.50. The Morgan fingerprint density at radius 2 is 1.60 bits per heavy atom. The molecule has 4 rings (SSSR count). The van der Waals surface area contributed by atoms with Gasteiger partial charge in [0.1, 0.15) is 18.2 Å². The van der Waals surface area contributed by atoms with Crippen LogP contribution in [0.5, 0.6) is 5.75 Å². The highest BCUT2D eigenvalue weighted by atomic mass is 19.4. The molecule has 0 aliphatic carbocycles. The average molecular weight is 652 g/mol. The van der Waals surface area contributed by atoms with Crippen LogP contribution >= 0.6 is 0 Å². The number of ether oxygens (including phenoxy) is 1. The predicted molar refractivity (Wildman–Crippen MR) is 145 cm³/mol. The average Bonchev–Trinajstić information content (AvgIpc) is 3.48. The number of likely N-dealkylation sites (N-methyl/N-ethyl adjacent to an activating group) is 1. The molecule has 0 unspecified atom stereocenters. The number of hydrogen-bond acceptors (Lipinski definition) is 7. The number of carbonyl (C=O) groups excluding carboxylic acids is 1. The number of H-pyrrole nitrogens is 1. The summed E-state index contributed by atoms with van der Waals surface area (Å²) in [6.45, 7) is 1.76. The molecule has 2 aromatic carbocycles. The lowest BCUT2D eigenvalue weighted by Gasteiger charge is -2.26. The minimum Gasteiger partial charge on any atom is -0.490 e. The molecular formula is C27H28F7N5O6. The summed E-state index contributed by atoms with van der Waals surface area (Å²) in [6.07, 6.45) is -6.19. The van der Waals surface area contributed by atoms with E-state index in [0.717, 1.165) is 28.8 Å². The molecule has 1 amide bonds. The number of nitrogens with one attached hydrogen (secondary N) is 3. The molecule has 11 nitrogen and oxygen atoms in total. The number of rotatable bonds is 7. The number of aliphatic carboxylic acids is 2. The molecule has 18 heteroatoms. The Balaban J connectivity index is 0.000000421. The Bertz CT molecular complexity index is 1420. The fourth-order valence-electron chi connectivity index (χ4n) is 3.56. The van der Waals surface area contributed by atoms with Gasteiger partial charge in [-0.2, -0.15) is 31.4 Å². The van der Waals surface area contributed by atoms with E-state index in [1.807, 2.05) is 37.2 Å². The Kier molecular flexibility index (Phi) is 12.8. The number of benzene rings is 2. The first kappa shape index (κ1) is 36.5. The fourth-order valence-corrected chi connectivity index (χ4v) is 3.56. The molecule has 0 radical (unpaired) electrons. The van der Waals surface area contributed by atoms with Gasteiger partial charge in [0.25, 0.3) is 0 Å². The van der Waals surface area contributed by atoms with Crippen LogP contribution in [0.4, 0.5) is 36.4 Å². The number of alkyl halides is 6. The maximum Gasteiger partial charge on any atom is 0.490 e. The number of carboxylic acid groups (broad SMARTS) is 2. The van der Waals surface area contributed by atoms with Crippen molar-refractivity contribution in [1.82, 2.24) is 20.4 Å². The van der Waals surface area contributed by atoms with E-state index in [1.54, 1.807) is 18.5 Å². The van der Waals surface area contributed by atoms with Gasteiger partial charge in [-0.1, -0.05) is 12.1 Å². The van der Waals surface area contributed by atoms with Gasteiger partial charge >= 0.3 is 24.3 Å². The number of amides is 1. The summed E-state index contributed by atoms with van der Waals surface area (Å²) in [5.74, 6) is -5.38. The third kappa shape index (κ3) is 12.1. The van der Waals surface area contributed by atoms with E-state index in [9.17, 15) is 35.5 Å². The van der Waals surface area contributed by atoms with E-state index >= 15 is 0 Å². The second kappa shape index (κ2) is 15.8. The Labute approximate surface area is 251 Å². The number of nitrogens with zero attached hydrogens (tertiary/aromatic N) is 2. The topological polar surface area (TPSA) is 157 Å². The number of hydrogen-bond donors (Lipinski definition) is 5. The first-order valence-corrected chi connectivity index (χ1v) is 12.7. The fraction of sp³-hybridized carbons (Fsp3) is 0.333. The molecule has 0 spiro atoms. The van der Waals surface area contributed by atoms with Gasteiger partial charge in [0.2, 0.25) is 5.91 Å². The lowest BCUT2D eigenvalue weighted by Crippen LogP contribution is -2.44. The van der Waals surface area contributed by atoms with Crippen LogP contribution < -0.4 is 15.4 Å². The molecule has 246 valence electrons. The lowest BCUT2D eigenvalue weighted by molar-refractivity contribution is -0.193. The molecule has 2 heterocycles. The molecule has 45 heavy (non-hydrogen) atoms. The number of fused-ring (bicyclic) bond motifs is 1. The molecule has 1 aromatic heterocycles. The Hall–Kier alpha value is -4.71. The molecule has 0 saturated carbocycles. The number of halogens is 7. The lowest BCUT2D eigenvalue weighted by atomic mass is 9.95. The van der Waals surface area contributed by atoms with Gasteiger partial charge in [-0.15, -0.1) is 0 Å². The summed E-state index contributed by atoms with van der Waals surface area (Å²) in [4.78, 5) is 32.8. The zero-order valence-corrected chi connectivity index (χ0v) is 23.6. The summed E-state index contributed by atoms with van der Waals surface area (Å²) in [5.41, 5.74) is 4.34. The zero-order chi connectivity index (χ0) is 33.9. The Morgan fingerprint density at radius 3 is 2.13 bits per heavy atom. The number of anilines is 1. The van der Waals surface area contributed by atoms with Crippen LogP contribution in [0.25, 0.3) is 11.1 Å². The third-order valence-electron chi connectivity index (χ3n) is 5.80. The first-order chi connectivity index (χ1) is 20.9. The standard InChI is InChI=1S/C23H26FN5O2.2C2HF3O2/c1-29(2)7-8-31-22-11-15(18-13-26-27-14-18)4-6-20(22)28-23(30)21-10-17-9-19(24)5-3-16(17)12-25-21;2*3-2(4,5)1(6)7/h3-6,9,11,13-14,21,25H,7-8,10,12H2,1-2H3,(H,26,27)(H,28,30);2*(H,6,7)/t21-;;/m1../s1. The molecule has 1 atom stereocenters. The molecule has 0 fully saturated rings. The van der Waals surface area contributed by atoms with Crippen LogP contribution in [0.3, 0.4) is 0 Å². The summed E-state index contributed by atoms with van der Waals surface area (Å²) in [5, 5.41) is 27.3. The summed E-state index contributed by atoms with van der Waals surface area (Å²) in [7, 11) is 3.95. The maximum absolute atomic E-state index is 13.6. The quantitative estimate of drug-likeness (QED) is 0.238. The van der Waals surface area contributed by atoms with Crippen LogP contribution in [0.15, 0.2) is 48.8 Å². The van der Waals surface area contributed by atoms with E-state index in [4.69, 9.17) is 24.5 Å². The molecule has 0 bridgehead atoms. The van der Waals surface area contributed by atoms with Gasteiger partial charge in [0.15, 0.2) is 0 Å². The van der Waals surface area contributed by atoms with Crippen molar-refractivity contribution in [3.05, 3.63) is 65.7 Å². The largest absolute Gasteiger partial charge is 0.490 e. The minimum absolute atomic E-state index is 0.177. The molecular weight excluding hydrogens is 623 g/mol. The van der Waals surface area contributed by atoms with Crippen molar-refractivity contribution in [1.29, 1.82) is 0 Å². The van der Waals surface area contributed by atoms with E-state index in [2.05, 4.69) is 20.8 Å². The normalized spacial score (nSPS) is 14.2. The van der Waals surface area contributed by atoms with E-state index < -0.39 is 30.3 Å². The molecule has 1 aliphatic heterocycles. The van der Waals surface area contributed by atoms with Gasteiger partial charge in [0.05, 0.1) is 17.9 Å². The van der Waals surface area contributed by atoms with Gasteiger partial charge < -0.3 is 30.5 Å². The molecule has 0 saturated heterocycles. The number of aromatic nitrogens is 2. The highest BCUT2D eigenvalue weighted by Gasteiger charge is 2.38. The minimum atomic E-state index is -5.08. The summed E-state index contributed by atoms with van der Waals surface area (Å²) in [6, 6.07) is 9.91. The molecule has 1 aliphatic rings. The van der Waals surface area contributed by atoms with E-state index in [-0.39, 0.29) is 11.7 Å². The van der Waals surface area contributed by atoms with Crippen molar-refractivity contribution in [2.45, 2.75) is 31.4 Å². The van der Waals surface area contributed by atoms with E-state index in [0.29, 0.717) is 31.0 Å². The van der Waals surface area contributed by atoms with E-state index in [1.165, 1.54) is 12.1 Å². The van der Waals surface area contributed by atoms with Gasteiger partial charge in [-0.05, 0) is 61.5 Å². The van der Waals surface area contributed by atoms with Crippen LogP contribution in [0.1, 0.15) is 11.1 Å². The van der Waals surface area contributed by atoms with Crippen LogP contribution in [0, 0.1) is 5.82 Å². The predicted octanol–water partition coefficient (Wildman–Crippen LogP) is 4.08. The highest BCUT2D eigenvalue weighted by molar-refractivity contribution is 5.97.